The maximum atomic E-state index is 13.7. The molecular formula is C18H20ClFN2O3. The Labute approximate surface area is 151 Å². The van der Waals surface area contributed by atoms with E-state index in [1.807, 2.05) is 12.1 Å². The van der Waals surface area contributed by atoms with Gasteiger partial charge in [0.1, 0.15) is 5.82 Å². The van der Waals surface area contributed by atoms with E-state index in [2.05, 4.69) is 5.32 Å². The molecule has 0 aliphatic heterocycles. The van der Waals surface area contributed by atoms with Crippen LogP contribution in [0.2, 0.25) is 5.02 Å². The highest BCUT2D eigenvalue weighted by Gasteiger charge is 2.14. The molecule has 1 N–H and O–H groups in total. The summed E-state index contributed by atoms with van der Waals surface area (Å²) >= 11 is 5.82. The molecule has 0 bridgehead atoms. The van der Waals surface area contributed by atoms with Gasteiger partial charge in [-0.1, -0.05) is 23.7 Å². The Kier molecular flexibility index (Phi) is 6.61. The minimum atomic E-state index is -0.533. The van der Waals surface area contributed by atoms with Crippen molar-refractivity contribution in [1.82, 2.24) is 4.90 Å². The van der Waals surface area contributed by atoms with Crippen LogP contribution < -0.4 is 14.8 Å². The zero-order valence-electron chi connectivity index (χ0n) is 14.3. The molecule has 0 atom stereocenters. The van der Waals surface area contributed by atoms with Crippen LogP contribution in [0.25, 0.3) is 0 Å². The predicted octanol–water partition coefficient (Wildman–Crippen LogP) is 3.57. The quantitative estimate of drug-likeness (QED) is 0.814. The van der Waals surface area contributed by atoms with E-state index < -0.39 is 5.82 Å². The first kappa shape index (κ1) is 19.0. The molecule has 0 fully saturated rings. The van der Waals surface area contributed by atoms with Gasteiger partial charge >= 0.3 is 0 Å². The summed E-state index contributed by atoms with van der Waals surface area (Å²) in [6, 6.07) is 9.56. The summed E-state index contributed by atoms with van der Waals surface area (Å²) in [5.41, 5.74) is 0.941. The van der Waals surface area contributed by atoms with Gasteiger partial charge in [0.15, 0.2) is 11.5 Å². The van der Waals surface area contributed by atoms with Gasteiger partial charge in [0, 0.05) is 17.1 Å². The molecule has 2 aromatic rings. The Hall–Kier alpha value is -2.31. The van der Waals surface area contributed by atoms with Crippen LogP contribution in [-0.4, -0.2) is 38.6 Å². The van der Waals surface area contributed by atoms with Crippen LogP contribution in [0.4, 0.5) is 10.1 Å². The van der Waals surface area contributed by atoms with Gasteiger partial charge in [-0.15, -0.1) is 0 Å². The molecular weight excluding hydrogens is 347 g/mol. The standard InChI is InChI=1S/C18H20ClFN2O3/c1-22(10-12-5-4-6-16(24-2)18(12)25-3)11-17(23)21-15-9-13(19)7-8-14(15)20/h4-9H,10-11H2,1-3H3,(H,21,23). The highest BCUT2D eigenvalue weighted by molar-refractivity contribution is 6.30. The number of halogens is 2. The Morgan fingerprint density at radius 3 is 2.68 bits per heavy atom. The van der Waals surface area contributed by atoms with Gasteiger partial charge in [0.25, 0.3) is 0 Å². The summed E-state index contributed by atoms with van der Waals surface area (Å²) in [4.78, 5) is 13.9. The van der Waals surface area contributed by atoms with Gasteiger partial charge in [-0.3, -0.25) is 9.69 Å². The second-order valence-corrected chi connectivity index (χ2v) is 5.93. The molecule has 0 spiro atoms. The molecule has 0 heterocycles. The van der Waals surface area contributed by atoms with E-state index in [1.165, 1.54) is 18.2 Å². The summed E-state index contributed by atoms with van der Waals surface area (Å²) in [5, 5.41) is 2.88. The Bertz CT molecular complexity index is 755. The van der Waals surface area contributed by atoms with E-state index in [-0.39, 0.29) is 18.1 Å². The largest absolute Gasteiger partial charge is 0.493 e. The molecule has 0 unspecified atom stereocenters. The number of benzene rings is 2. The second kappa shape index (κ2) is 8.69. The molecule has 5 nitrogen and oxygen atoms in total. The zero-order chi connectivity index (χ0) is 18.4. The highest BCUT2D eigenvalue weighted by Crippen LogP contribution is 2.31. The molecule has 0 aliphatic carbocycles. The number of carbonyl (C=O) groups is 1. The van der Waals surface area contributed by atoms with E-state index in [4.69, 9.17) is 21.1 Å². The number of nitrogens with one attached hydrogen (secondary N) is 1. The number of para-hydroxylation sites is 1. The van der Waals surface area contributed by atoms with Crippen molar-refractivity contribution in [2.45, 2.75) is 6.54 Å². The van der Waals surface area contributed by atoms with Crippen molar-refractivity contribution in [3.8, 4) is 11.5 Å². The first-order valence-electron chi connectivity index (χ1n) is 7.58. The lowest BCUT2D eigenvalue weighted by Crippen LogP contribution is -2.30. The van der Waals surface area contributed by atoms with E-state index >= 15 is 0 Å². The van der Waals surface area contributed by atoms with Gasteiger partial charge < -0.3 is 14.8 Å². The van der Waals surface area contributed by atoms with Crippen LogP contribution >= 0.6 is 11.6 Å². The van der Waals surface area contributed by atoms with Crippen LogP contribution in [0.5, 0.6) is 11.5 Å². The maximum Gasteiger partial charge on any atom is 0.238 e. The number of nitrogens with zero attached hydrogens (tertiary/aromatic N) is 1. The van der Waals surface area contributed by atoms with Crippen molar-refractivity contribution in [2.75, 3.05) is 33.1 Å². The molecule has 25 heavy (non-hydrogen) atoms. The normalized spacial score (nSPS) is 10.6. The van der Waals surface area contributed by atoms with Crippen molar-refractivity contribution in [3.63, 3.8) is 0 Å². The molecule has 134 valence electrons. The van der Waals surface area contributed by atoms with Crippen molar-refractivity contribution in [1.29, 1.82) is 0 Å². The van der Waals surface area contributed by atoms with Crippen LogP contribution in [0.3, 0.4) is 0 Å². The average Bonchev–Trinajstić information content (AvgIpc) is 2.57. The third kappa shape index (κ3) is 5.08. The fourth-order valence-electron chi connectivity index (χ4n) is 2.45. The van der Waals surface area contributed by atoms with Gasteiger partial charge in [-0.25, -0.2) is 4.39 Å². The molecule has 0 saturated carbocycles. The van der Waals surface area contributed by atoms with E-state index in [0.29, 0.717) is 23.1 Å². The molecule has 7 heteroatoms. The molecule has 0 aromatic heterocycles. The van der Waals surface area contributed by atoms with E-state index in [1.54, 1.807) is 32.2 Å². The first-order valence-corrected chi connectivity index (χ1v) is 7.95. The molecule has 0 radical (unpaired) electrons. The first-order chi connectivity index (χ1) is 11.9. The highest BCUT2D eigenvalue weighted by atomic mass is 35.5. The summed E-state index contributed by atoms with van der Waals surface area (Å²) < 4.78 is 24.3. The number of carbonyl (C=O) groups excluding carboxylic acids is 1. The average molecular weight is 367 g/mol. The maximum absolute atomic E-state index is 13.7. The van der Waals surface area contributed by atoms with Crippen LogP contribution in [0, 0.1) is 5.82 Å². The monoisotopic (exact) mass is 366 g/mol. The Morgan fingerprint density at radius 1 is 1.24 bits per heavy atom. The molecule has 0 saturated heterocycles. The van der Waals surface area contributed by atoms with Crippen molar-refractivity contribution in [2.24, 2.45) is 0 Å². The summed E-state index contributed by atoms with van der Waals surface area (Å²) in [5.74, 6) is 0.373. The fraction of sp³-hybridized carbons (Fsp3) is 0.278. The van der Waals surface area contributed by atoms with E-state index in [0.717, 1.165) is 5.56 Å². The Balaban J connectivity index is 2.01. The third-order valence-electron chi connectivity index (χ3n) is 3.54. The molecule has 1 amide bonds. The lowest BCUT2D eigenvalue weighted by molar-refractivity contribution is -0.117. The number of hydrogen-bond donors (Lipinski definition) is 1. The molecule has 2 aromatic carbocycles. The summed E-state index contributed by atoms with van der Waals surface area (Å²) in [6.45, 7) is 0.540. The van der Waals surface area contributed by atoms with Gasteiger partial charge in [0.2, 0.25) is 5.91 Å². The van der Waals surface area contributed by atoms with Crippen LogP contribution in [0.15, 0.2) is 36.4 Å². The predicted molar refractivity (Wildman–Crippen MR) is 95.9 cm³/mol. The van der Waals surface area contributed by atoms with Gasteiger partial charge in [-0.2, -0.15) is 0 Å². The van der Waals surface area contributed by atoms with Gasteiger partial charge in [0.05, 0.1) is 26.5 Å². The number of likely N-dealkylation sites (N-methyl/N-ethyl adjacent to an activating group) is 1. The van der Waals surface area contributed by atoms with Crippen molar-refractivity contribution >= 4 is 23.2 Å². The van der Waals surface area contributed by atoms with Crippen molar-refractivity contribution in [3.05, 3.63) is 52.8 Å². The third-order valence-corrected chi connectivity index (χ3v) is 3.78. The topological polar surface area (TPSA) is 50.8 Å². The fourth-order valence-corrected chi connectivity index (χ4v) is 2.63. The lowest BCUT2D eigenvalue weighted by Gasteiger charge is -2.19. The lowest BCUT2D eigenvalue weighted by atomic mass is 10.1. The molecule has 0 aliphatic rings. The number of amides is 1. The van der Waals surface area contributed by atoms with E-state index in [9.17, 15) is 9.18 Å². The smallest absolute Gasteiger partial charge is 0.238 e. The number of rotatable bonds is 7. The Morgan fingerprint density at radius 2 is 2.00 bits per heavy atom. The second-order valence-electron chi connectivity index (χ2n) is 5.50. The number of anilines is 1. The summed E-state index contributed by atoms with van der Waals surface area (Å²) in [7, 11) is 4.92. The SMILES string of the molecule is COc1cccc(CN(C)CC(=O)Nc2cc(Cl)ccc2F)c1OC. The zero-order valence-corrected chi connectivity index (χ0v) is 15.1. The number of hydrogen-bond acceptors (Lipinski definition) is 4. The van der Waals surface area contributed by atoms with Gasteiger partial charge in [-0.05, 0) is 31.3 Å². The summed E-state index contributed by atoms with van der Waals surface area (Å²) in [6.07, 6.45) is 0. The number of methoxy groups -OCH3 is 2. The minimum Gasteiger partial charge on any atom is -0.493 e. The van der Waals surface area contributed by atoms with Crippen molar-refractivity contribution < 1.29 is 18.7 Å². The number of ether oxygens (including phenoxy) is 2. The minimum absolute atomic E-state index is 0.0601. The van der Waals surface area contributed by atoms with Crippen LogP contribution in [-0.2, 0) is 11.3 Å². The van der Waals surface area contributed by atoms with Crippen LogP contribution in [0.1, 0.15) is 5.56 Å². The molecule has 2 rings (SSSR count).